The molecule has 182 valence electrons. The largest absolute Gasteiger partial charge is 0.494 e. The highest BCUT2D eigenvalue weighted by Gasteiger charge is 2.31. The van der Waals surface area contributed by atoms with Crippen LogP contribution in [0.4, 0.5) is 24.7 Å². The minimum absolute atomic E-state index is 0.111. The number of alkyl halides is 3. The third kappa shape index (κ3) is 6.84. The van der Waals surface area contributed by atoms with Crippen LogP contribution in [0.3, 0.4) is 0 Å². The summed E-state index contributed by atoms with van der Waals surface area (Å²) in [6.07, 6.45) is -2.60. The predicted octanol–water partition coefficient (Wildman–Crippen LogP) is 3.96. The second-order valence-corrected chi connectivity index (χ2v) is 7.90. The van der Waals surface area contributed by atoms with Crippen molar-refractivity contribution in [2.75, 3.05) is 55.7 Å². The summed E-state index contributed by atoms with van der Waals surface area (Å²) in [6, 6.07) is 11.7. The number of amides is 1. The second kappa shape index (κ2) is 11.7. The molecule has 0 spiro atoms. The number of pyridine rings is 1. The maximum absolute atomic E-state index is 13.1. The summed E-state index contributed by atoms with van der Waals surface area (Å²) >= 11 is 0. The van der Waals surface area contributed by atoms with Crippen molar-refractivity contribution in [3.63, 3.8) is 0 Å². The van der Waals surface area contributed by atoms with E-state index in [2.05, 4.69) is 11.1 Å². The molecule has 7 nitrogen and oxygen atoms in total. The van der Waals surface area contributed by atoms with Crippen molar-refractivity contribution in [2.24, 2.45) is 0 Å². The number of hydrogen-bond donors (Lipinski definition) is 0. The summed E-state index contributed by atoms with van der Waals surface area (Å²) in [5.74, 6) is 1.09. The lowest BCUT2D eigenvalue weighted by Gasteiger charge is -2.27. The van der Waals surface area contributed by atoms with E-state index in [0.29, 0.717) is 56.6 Å². The third-order valence-corrected chi connectivity index (χ3v) is 5.55. The number of ether oxygens (including phenoxy) is 1. The molecule has 1 aromatic carbocycles. The summed E-state index contributed by atoms with van der Waals surface area (Å²) in [4.78, 5) is 22.7. The first-order valence-electron chi connectivity index (χ1n) is 11.2. The first kappa shape index (κ1) is 25.3. The fraction of sp³-hybridized carbons (Fsp3) is 0.458. The molecule has 1 aromatic heterocycles. The normalized spacial score (nSPS) is 14.9. The van der Waals surface area contributed by atoms with Gasteiger partial charge in [-0.3, -0.25) is 9.69 Å². The smallest absolute Gasteiger partial charge is 0.417 e. The van der Waals surface area contributed by atoms with Crippen LogP contribution < -0.4 is 14.5 Å². The Hall–Kier alpha value is -3.32. The molecule has 0 radical (unpaired) electrons. The van der Waals surface area contributed by atoms with Crippen LogP contribution >= 0.6 is 0 Å². The molecule has 0 bridgehead atoms. The zero-order valence-corrected chi connectivity index (χ0v) is 19.1. The van der Waals surface area contributed by atoms with Gasteiger partial charge in [-0.15, -0.1) is 0 Å². The van der Waals surface area contributed by atoms with E-state index in [1.165, 1.54) is 6.07 Å². The molecule has 1 aliphatic heterocycles. The van der Waals surface area contributed by atoms with Gasteiger partial charge in [0.2, 0.25) is 5.91 Å². The second-order valence-electron chi connectivity index (χ2n) is 7.90. The lowest BCUT2D eigenvalue weighted by Crippen LogP contribution is -2.42. The highest BCUT2D eigenvalue weighted by Crippen LogP contribution is 2.29. The van der Waals surface area contributed by atoms with Crippen molar-refractivity contribution in [3.8, 4) is 11.8 Å². The molecule has 0 unspecified atom stereocenters. The Labute approximate surface area is 197 Å². The molecule has 1 saturated heterocycles. The van der Waals surface area contributed by atoms with E-state index in [1.54, 1.807) is 29.2 Å². The van der Waals surface area contributed by atoms with E-state index in [0.717, 1.165) is 18.7 Å². The Kier molecular flexibility index (Phi) is 8.71. The van der Waals surface area contributed by atoms with E-state index < -0.39 is 11.7 Å². The van der Waals surface area contributed by atoms with Crippen molar-refractivity contribution < 1.29 is 22.7 Å². The molecule has 2 aromatic rings. The average molecular weight is 476 g/mol. The summed E-state index contributed by atoms with van der Waals surface area (Å²) in [5.41, 5.74) is -0.0702. The summed E-state index contributed by atoms with van der Waals surface area (Å²) in [7, 11) is 0. The number of halogens is 3. The molecule has 1 amide bonds. The first-order valence-corrected chi connectivity index (χ1v) is 11.2. The van der Waals surface area contributed by atoms with Crippen molar-refractivity contribution in [1.29, 1.82) is 5.26 Å². The molecule has 10 heteroatoms. The van der Waals surface area contributed by atoms with Crippen LogP contribution in [0, 0.1) is 11.3 Å². The first-order chi connectivity index (χ1) is 16.3. The number of nitriles is 1. The van der Waals surface area contributed by atoms with Crippen LogP contribution in [0.25, 0.3) is 0 Å². The van der Waals surface area contributed by atoms with Crippen LogP contribution in [0.5, 0.6) is 5.75 Å². The predicted molar refractivity (Wildman–Crippen MR) is 123 cm³/mol. The summed E-state index contributed by atoms with van der Waals surface area (Å²) in [5, 5.41) is 9.02. The minimum atomic E-state index is -4.41. The minimum Gasteiger partial charge on any atom is -0.494 e. The molecule has 0 atom stereocenters. The van der Waals surface area contributed by atoms with Gasteiger partial charge < -0.3 is 14.5 Å². The van der Waals surface area contributed by atoms with Gasteiger partial charge >= 0.3 is 6.18 Å². The Morgan fingerprint density at radius 2 is 1.91 bits per heavy atom. The Morgan fingerprint density at radius 3 is 2.53 bits per heavy atom. The van der Waals surface area contributed by atoms with E-state index in [9.17, 15) is 18.0 Å². The fourth-order valence-electron chi connectivity index (χ4n) is 3.82. The molecular formula is C24H28F3N5O2. The van der Waals surface area contributed by atoms with Gasteiger partial charge in [0, 0.05) is 44.6 Å². The van der Waals surface area contributed by atoms with E-state index in [1.807, 2.05) is 16.7 Å². The zero-order chi connectivity index (χ0) is 24.6. The van der Waals surface area contributed by atoms with Crippen molar-refractivity contribution in [2.45, 2.75) is 25.9 Å². The van der Waals surface area contributed by atoms with Gasteiger partial charge in [0.15, 0.2) is 0 Å². The standard InChI is InChI=1S/C24H28F3N5O2/c1-2-34-21-8-6-20(7-9-21)32(14-3-11-28)23(33)18-30-12-4-13-31(16-15-30)22-10-5-19(17-29-22)24(25,26)27/h5-10,17H,2-4,12-16,18H2,1H3. The lowest BCUT2D eigenvalue weighted by atomic mass is 10.2. The third-order valence-electron chi connectivity index (χ3n) is 5.55. The molecule has 3 rings (SSSR count). The van der Waals surface area contributed by atoms with Crippen LogP contribution in [0.15, 0.2) is 42.6 Å². The van der Waals surface area contributed by atoms with Crippen molar-refractivity contribution >= 4 is 17.4 Å². The molecule has 0 aliphatic carbocycles. The Bertz CT molecular complexity index is 974. The van der Waals surface area contributed by atoms with Crippen molar-refractivity contribution in [3.05, 3.63) is 48.2 Å². The highest BCUT2D eigenvalue weighted by molar-refractivity contribution is 5.94. The molecule has 1 fully saturated rings. The Balaban J connectivity index is 1.62. The van der Waals surface area contributed by atoms with Gasteiger partial charge in [0.05, 0.1) is 31.2 Å². The van der Waals surface area contributed by atoms with Crippen LogP contribution in [0.1, 0.15) is 25.3 Å². The maximum Gasteiger partial charge on any atom is 0.417 e. The monoisotopic (exact) mass is 475 g/mol. The topological polar surface area (TPSA) is 72.7 Å². The van der Waals surface area contributed by atoms with Crippen molar-refractivity contribution in [1.82, 2.24) is 9.88 Å². The molecular weight excluding hydrogens is 447 g/mol. The number of carbonyl (C=O) groups excluding carboxylic acids is 1. The van der Waals surface area contributed by atoms with Gasteiger partial charge in [0.25, 0.3) is 0 Å². The number of carbonyl (C=O) groups is 1. The lowest BCUT2D eigenvalue weighted by molar-refractivity contribution is -0.137. The number of nitrogens with zero attached hydrogens (tertiary/aromatic N) is 5. The number of hydrogen-bond acceptors (Lipinski definition) is 6. The van der Waals surface area contributed by atoms with E-state index in [4.69, 9.17) is 10.00 Å². The number of benzene rings is 1. The van der Waals surface area contributed by atoms with Gasteiger partial charge in [-0.1, -0.05) is 0 Å². The fourth-order valence-corrected chi connectivity index (χ4v) is 3.82. The summed E-state index contributed by atoms with van der Waals surface area (Å²) in [6.45, 7) is 5.36. The molecule has 1 aliphatic rings. The quantitative estimate of drug-likeness (QED) is 0.576. The van der Waals surface area contributed by atoms with E-state index in [-0.39, 0.29) is 18.9 Å². The van der Waals surface area contributed by atoms with Gasteiger partial charge in [-0.25, -0.2) is 4.98 Å². The molecule has 0 N–H and O–H groups in total. The average Bonchev–Trinajstić information content (AvgIpc) is 3.05. The number of aromatic nitrogens is 1. The van der Waals surface area contributed by atoms with Gasteiger partial charge in [-0.2, -0.15) is 18.4 Å². The number of rotatable bonds is 8. The zero-order valence-electron chi connectivity index (χ0n) is 19.1. The molecule has 34 heavy (non-hydrogen) atoms. The molecule has 0 saturated carbocycles. The highest BCUT2D eigenvalue weighted by atomic mass is 19.4. The van der Waals surface area contributed by atoms with Gasteiger partial charge in [-0.05, 0) is 49.7 Å². The van der Waals surface area contributed by atoms with Crippen LogP contribution in [0.2, 0.25) is 0 Å². The van der Waals surface area contributed by atoms with Crippen LogP contribution in [-0.4, -0.2) is 61.7 Å². The Morgan fingerprint density at radius 1 is 1.15 bits per heavy atom. The molecule has 2 heterocycles. The number of anilines is 2. The van der Waals surface area contributed by atoms with E-state index >= 15 is 0 Å². The van der Waals surface area contributed by atoms with Crippen LogP contribution in [-0.2, 0) is 11.0 Å². The maximum atomic E-state index is 13.1. The van der Waals surface area contributed by atoms with Gasteiger partial charge in [0.1, 0.15) is 11.6 Å². The SMILES string of the molecule is CCOc1ccc(N(CCC#N)C(=O)CN2CCCN(c3ccc(C(F)(F)F)cn3)CC2)cc1. The summed E-state index contributed by atoms with van der Waals surface area (Å²) < 4.78 is 43.9.